The van der Waals surface area contributed by atoms with Gasteiger partial charge in [0.1, 0.15) is 0 Å². The van der Waals surface area contributed by atoms with Crippen LogP contribution < -0.4 is 4.90 Å². The highest BCUT2D eigenvalue weighted by atomic mass is 16.4. The van der Waals surface area contributed by atoms with Gasteiger partial charge in [0.15, 0.2) is 0 Å². The molecule has 0 fully saturated rings. The number of tetrazole rings is 1. The third kappa shape index (κ3) is 4.29. The molecule has 0 saturated heterocycles. The number of aromatic amines is 1. The summed E-state index contributed by atoms with van der Waals surface area (Å²) < 4.78 is 0. The van der Waals surface area contributed by atoms with Crippen LogP contribution >= 0.6 is 0 Å². The third-order valence-corrected chi connectivity index (χ3v) is 6.58. The molecule has 0 saturated carbocycles. The highest BCUT2D eigenvalue weighted by molar-refractivity contribution is 5.89. The van der Waals surface area contributed by atoms with Crippen molar-refractivity contribution >= 4 is 11.7 Å². The predicted octanol–water partition coefficient (Wildman–Crippen LogP) is 5.35. The molecule has 5 rings (SSSR count). The molecule has 4 aromatic rings. The molecule has 2 N–H and O–H groups in total. The summed E-state index contributed by atoms with van der Waals surface area (Å²) in [5.41, 5.74) is 6.87. The number of carboxylic acid groups (broad SMARTS) is 1. The molecule has 0 aliphatic carbocycles. The molecule has 34 heavy (non-hydrogen) atoms. The van der Waals surface area contributed by atoms with Crippen LogP contribution in [0.1, 0.15) is 47.7 Å². The number of H-pyrrole nitrogens is 1. The minimum atomic E-state index is -0.884. The van der Waals surface area contributed by atoms with Crippen LogP contribution in [0.2, 0.25) is 0 Å². The fourth-order valence-corrected chi connectivity index (χ4v) is 4.89. The molecule has 0 spiro atoms. The van der Waals surface area contributed by atoms with Crippen molar-refractivity contribution in [3.05, 3.63) is 83.4 Å². The first kappa shape index (κ1) is 21.8. The highest BCUT2D eigenvalue weighted by Crippen LogP contribution is 2.35. The SMILES string of the molecule is CCCC1CCc2ccc(C(=O)O)cc2N1Cc1ccc(-c2ccccc2-c2nn[nH]n2)cc1. The van der Waals surface area contributed by atoms with Gasteiger partial charge in [-0.05, 0) is 58.9 Å². The third-order valence-electron chi connectivity index (χ3n) is 6.58. The number of rotatable bonds is 7. The van der Waals surface area contributed by atoms with E-state index in [0.717, 1.165) is 54.6 Å². The van der Waals surface area contributed by atoms with E-state index in [4.69, 9.17) is 0 Å². The minimum Gasteiger partial charge on any atom is -0.478 e. The quantitative estimate of drug-likeness (QED) is 0.391. The topological polar surface area (TPSA) is 95.0 Å². The van der Waals surface area contributed by atoms with Crippen LogP contribution in [0.5, 0.6) is 0 Å². The van der Waals surface area contributed by atoms with E-state index in [1.807, 2.05) is 30.3 Å². The number of nitrogens with one attached hydrogen (secondary N) is 1. The molecular weight excluding hydrogens is 426 g/mol. The number of carboxylic acids is 1. The Morgan fingerprint density at radius 1 is 1.09 bits per heavy atom. The molecule has 0 amide bonds. The normalized spacial score (nSPS) is 15.2. The van der Waals surface area contributed by atoms with Crippen LogP contribution in [0, 0.1) is 0 Å². The number of nitrogens with zero attached hydrogens (tertiary/aromatic N) is 4. The molecule has 0 radical (unpaired) electrons. The Morgan fingerprint density at radius 3 is 2.59 bits per heavy atom. The lowest BCUT2D eigenvalue weighted by atomic mass is 9.91. The van der Waals surface area contributed by atoms with Crippen molar-refractivity contribution < 1.29 is 9.90 Å². The molecule has 2 heterocycles. The molecule has 1 aliphatic heterocycles. The lowest BCUT2D eigenvalue weighted by Crippen LogP contribution is -2.39. The van der Waals surface area contributed by atoms with Gasteiger partial charge in [-0.25, -0.2) is 4.79 Å². The maximum absolute atomic E-state index is 11.6. The van der Waals surface area contributed by atoms with Crippen LogP contribution in [-0.4, -0.2) is 37.7 Å². The summed E-state index contributed by atoms with van der Waals surface area (Å²) in [4.78, 5) is 14.0. The number of anilines is 1. The summed E-state index contributed by atoms with van der Waals surface area (Å²) in [5.74, 6) is -0.314. The molecular formula is C27H27N5O2. The Kier molecular flexibility index (Phi) is 6.08. The van der Waals surface area contributed by atoms with Crippen LogP contribution in [0.15, 0.2) is 66.7 Å². The van der Waals surface area contributed by atoms with E-state index < -0.39 is 5.97 Å². The van der Waals surface area contributed by atoms with Crippen LogP contribution in [0.4, 0.5) is 5.69 Å². The Balaban J connectivity index is 1.45. The zero-order valence-electron chi connectivity index (χ0n) is 19.1. The van der Waals surface area contributed by atoms with Gasteiger partial charge in [-0.3, -0.25) is 0 Å². The van der Waals surface area contributed by atoms with E-state index in [-0.39, 0.29) is 0 Å². The molecule has 1 atom stereocenters. The summed E-state index contributed by atoms with van der Waals surface area (Å²) in [6.07, 6.45) is 4.26. The van der Waals surface area contributed by atoms with E-state index in [0.29, 0.717) is 17.4 Å². The summed E-state index contributed by atoms with van der Waals surface area (Å²) >= 11 is 0. The van der Waals surface area contributed by atoms with Crippen LogP contribution in [0.3, 0.4) is 0 Å². The highest BCUT2D eigenvalue weighted by Gasteiger charge is 2.26. The predicted molar refractivity (Wildman–Crippen MR) is 132 cm³/mol. The minimum absolute atomic E-state index is 0.342. The first-order valence-electron chi connectivity index (χ1n) is 11.7. The van der Waals surface area contributed by atoms with Gasteiger partial charge in [0.25, 0.3) is 0 Å². The Bertz CT molecular complexity index is 1280. The summed E-state index contributed by atoms with van der Waals surface area (Å²) in [5, 5.41) is 24.0. The number of benzene rings is 3. The molecule has 3 aromatic carbocycles. The van der Waals surface area contributed by atoms with Crippen LogP contribution in [0.25, 0.3) is 22.5 Å². The van der Waals surface area contributed by atoms with Gasteiger partial charge in [0.2, 0.25) is 5.82 Å². The standard InChI is InChI=1S/C27H27N5O2/c1-2-5-22-15-14-20-12-13-21(27(33)34)16-25(20)32(22)17-18-8-10-19(11-9-18)23-6-3-4-7-24(23)26-28-30-31-29-26/h3-4,6-13,16,22H,2,5,14-15,17H2,1H3,(H,33,34)(H,28,29,30,31). The number of hydrogen-bond acceptors (Lipinski definition) is 5. The van der Waals surface area contributed by atoms with Crippen molar-refractivity contribution in [3.63, 3.8) is 0 Å². The van der Waals surface area contributed by atoms with Crippen molar-refractivity contribution in [1.29, 1.82) is 0 Å². The van der Waals surface area contributed by atoms with E-state index in [1.165, 1.54) is 11.1 Å². The van der Waals surface area contributed by atoms with Gasteiger partial charge in [0, 0.05) is 23.8 Å². The van der Waals surface area contributed by atoms with E-state index in [1.54, 1.807) is 6.07 Å². The number of hydrogen-bond donors (Lipinski definition) is 2. The van der Waals surface area contributed by atoms with Crippen LogP contribution in [-0.2, 0) is 13.0 Å². The second-order valence-electron chi connectivity index (χ2n) is 8.74. The van der Waals surface area contributed by atoms with Gasteiger partial charge in [-0.1, -0.05) is 67.9 Å². The average Bonchev–Trinajstić information content (AvgIpc) is 3.41. The van der Waals surface area contributed by atoms with Gasteiger partial charge in [0.05, 0.1) is 5.56 Å². The molecule has 1 aromatic heterocycles. The Labute approximate surface area is 198 Å². The van der Waals surface area contributed by atoms with E-state index in [2.05, 4.69) is 62.8 Å². The van der Waals surface area contributed by atoms with E-state index in [9.17, 15) is 9.90 Å². The molecule has 1 aliphatic rings. The van der Waals surface area contributed by atoms with Gasteiger partial charge >= 0.3 is 5.97 Å². The van der Waals surface area contributed by atoms with Crippen molar-refractivity contribution in [2.75, 3.05) is 4.90 Å². The van der Waals surface area contributed by atoms with Crippen molar-refractivity contribution in [2.24, 2.45) is 0 Å². The molecule has 1 unspecified atom stereocenters. The number of fused-ring (bicyclic) bond motifs is 1. The van der Waals surface area contributed by atoms with Crippen molar-refractivity contribution in [2.45, 2.75) is 45.2 Å². The lowest BCUT2D eigenvalue weighted by molar-refractivity contribution is 0.0697. The maximum Gasteiger partial charge on any atom is 0.335 e. The van der Waals surface area contributed by atoms with Gasteiger partial charge in [-0.15, -0.1) is 10.2 Å². The summed E-state index contributed by atoms with van der Waals surface area (Å²) in [7, 11) is 0. The average molecular weight is 454 g/mol. The Morgan fingerprint density at radius 2 is 1.88 bits per heavy atom. The number of aryl methyl sites for hydroxylation is 1. The maximum atomic E-state index is 11.6. The second kappa shape index (κ2) is 9.47. The van der Waals surface area contributed by atoms with Crippen molar-refractivity contribution in [1.82, 2.24) is 20.6 Å². The molecule has 172 valence electrons. The van der Waals surface area contributed by atoms with Crippen molar-refractivity contribution in [3.8, 4) is 22.5 Å². The first-order chi connectivity index (χ1) is 16.6. The van der Waals surface area contributed by atoms with Gasteiger partial charge < -0.3 is 10.0 Å². The zero-order valence-corrected chi connectivity index (χ0v) is 19.1. The zero-order chi connectivity index (χ0) is 23.5. The second-order valence-corrected chi connectivity index (χ2v) is 8.74. The largest absolute Gasteiger partial charge is 0.478 e. The fourth-order valence-electron chi connectivity index (χ4n) is 4.89. The lowest BCUT2D eigenvalue weighted by Gasteiger charge is -2.39. The summed E-state index contributed by atoms with van der Waals surface area (Å²) in [6.45, 7) is 2.95. The first-order valence-corrected chi connectivity index (χ1v) is 11.7. The summed E-state index contributed by atoms with van der Waals surface area (Å²) in [6, 6.07) is 22.5. The van der Waals surface area contributed by atoms with E-state index >= 15 is 0 Å². The monoisotopic (exact) mass is 453 g/mol. The molecule has 7 heteroatoms. The van der Waals surface area contributed by atoms with Gasteiger partial charge in [-0.2, -0.15) is 5.21 Å². The molecule has 7 nitrogen and oxygen atoms in total. The number of aromatic carboxylic acids is 1. The Hall–Kier alpha value is -4.00. The molecule has 0 bridgehead atoms. The fraction of sp³-hybridized carbons (Fsp3) is 0.259. The smallest absolute Gasteiger partial charge is 0.335 e. The number of carbonyl (C=O) groups is 1. The number of aromatic nitrogens is 4.